The molecule has 5 heteroatoms. The quantitative estimate of drug-likeness (QED) is 0.875. The van der Waals surface area contributed by atoms with Crippen molar-refractivity contribution in [2.24, 2.45) is 0 Å². The first-order chi connectivity index (χ1) is 8.81. The molecule has 2 rings (SSSR count). The highest BCUT2D eigenvalue weighted by atomic mass is 16.5. The number of morpholine rings is 1. The Labute approximate surface area is 107 Å². The summed E-state index contributed by atoms with van der Waals surface area (Å²) in [5, 5.41) is 3.19. The fourth-order valence-electron chi connectivity index (χ4n) is 1.86. The molecule has 1 aromatic rings. The molecule has 1 amide bonds. The molecule has 1 aliphatic heterocycles. The minimum absolute atomic E-state index is 0.0558. The standard InChI is InChI=1S/C13H19N3O2/c1-2-4-14-12-10-11(3-5-15-12)13(17)16-6-8-18-9-7-16/h3,5,10H,2,4,6-9H2,1H3,(H,14,15). The summed E-state index contributed by atoms with van der Waals surface area (Å²) in [5.41, 5.74) is 0.686. The number of ether oxygens (including phenoxy) is 1. The van der Waals surface area contributed by atoms with Crippen LogP contribution in [0.2, 0.25) is 0 Å². The van der Waals surface area contributed by atoms with Crippen LogP contribution in [-0.2, 0) is 4.74 Å². The summed E-state index contributed by atoms with van der Waals surface area (Å²) < 4.78 is 5.24. The summed E-state index contributed by atoms with van der Waals surface area (Å²) in [6, 6.07) is 3.57. The van der Waals surface area contributed by atoms with Gasteiger partial charge >= 0.3 is 0 Å². The number of nitrogens with one attached hydrogen (secondary N) is 1. The van der Waals surface area contributed by atoms with E-state index in [1.165, 1.54) is 0 Å². The fraction of sp³-hybridized carbons (Fsp3) is 0.538. The van der Waals surface area contributed by atoms with Crippen molar-refractivity contribution in [2.75, 3.05) is 38.2 Å². The van der Waals surface area contributed by atoms with E-state index < -0.39 is 0 Å². The molecule has 0 unspecified atom stereocenters. The largest absolute Gasteiger partial charge is 0.378 e. The second-order valence-electron chi connectivity index (χ2n) is 4.26. The minimum atomic E-state index is 0.0558. The number of carbonyl (C=O) groups is 1. The Bertz CT molecular complexity index is 403. The van der Waals surface area contributed by atoms with Crippen LogP contribution in [0, 0.1) is 0 Å². The molecule has 0 bridgehead atoms. The van der Waals surface area contributed by atoms with Gasteiger partial charge in [0.2, 0.25) is 0 Å². The highest BCUT2D eigenvalue weighted by Crippen LogP contribution is 2.11. The van der Waals surface area contributed by atoms with Gasteiger partial charge in [-0.3, -0.25) is 4.79 Å². The third kappa shape index (κ3) is 3.20. The first-order valence-electron chi connectivity index (χ1n) is 6.38. The van der Waals surface area contributed by atoms with Crippen molar-refractivity contribution in [1.82, 2.24) is 9.88 Å². The Morgan fingerprint density at radius 1 is 1.50 bits per heavy atom. The highest BCUT2D eigenvalue weighted by molar-refractivity contribution is 5.94. The van der Waals surface area contributed by atoms with E-state index >= 15 is 0 Å². The maximum atomic E-state index is 12.2. The molecule has 0 radical (unpaired) electrons. The van der Waals surface area contributed by atoms with Crippen LogP contribution in [0.4, 0.5) is 5.82 Å². The molecule has 0 spiro atoms. The zero-order valence-electron chi connectivity index (χ0n) is 10.7. The second-order valence-corrected chi connectivity index (χ2v) is 4.26. The summed E-state index contributed by atoms with van der Waals surface area (Å²) in [4.78, 5) is 18.3. The van der Waals surface area contributed by atoms with Crippen molar-refractivity contribution in [2.45, 2.75) is 13.3 Å². The number of aromatic nitrogens is 1. The number of hydrogen-bond acceptors (Lipinski definition) is 4. The van der Waals surface area contributed by atoms with Gasteiger partial charge in [-0.1, -0.05) is 6.92 Å². The molecule has 2 heterocycles. The minimum Gasteiger partial charge on any atom is -0.378 e. The summed E-state index contributed by atoms with van der Waals surface area (Å²) in [6.45, 7) is 5.53. The van der Waals surface area contributed by atoms with Crippen LogP contribution in [-0.4, -0.2) is 48.6 Å². The average molecular weight is 249 g/mol. The molecule has 0 aliphatic carbocycles. The lowest BCUT2D eigenvalue weighted by Gasteiger charge is -2.26. The van der Waals surface area contributed by atoms with E-state index in [9.17, 15) is 4.79 Å². The van der Waals surface area contributed by atoms with E-state index in [1.807, 2.05) is 11.0 Å². The summed E-state index contributed by atoms with van der Waals surface area (Å²) in [7, 11) is 0. The number of amides is 1. The Hall–Kier alpha value is -1.62. The number of pyridine rings is 1. The summed E-state index contributed by atoms with van der Waals surface area (Å²) in [6.07, 6.45) is 2.70. The van der Waals surface area contributed by atoms with Gasteiger partial charge in [0.05, 0.1) is 13.2 Å². The lowest BCUT2D eigenvalue weighted by atomic mass is 10.2. The van der Waals surface area contributed by atoms with Crippen LogP contribution in [0.15, 0.2) is 18.3 Å². The van der Waals surface area contributed by atoms with E-state index in [4.69, 9.17) is 4.74 Å². The Morgan fingerprint density at radius 2 is 2.28 bits per heavy atom. The number of nitrogens with zero attached hydrogens (tertiary/aromatic N) is 2. The highest BCUT2D eigenvalue weighted by Gasteiger charge is 2.18. The van der Waals surface area contributed by atoms with E-state index in [1.54, 1.807) is 12.3 Å². The van der Waals surface area contributed by atoms with Crippen molar-refractivity contribution in [1.29, 1.82) is 0 Å². The van der Waals surface area contributed by atoms with E-state index in [0.717, 1.165) is 18.8 Å². The summed E-state index contributed by atoms with van der Waals surface area (Å²) >= 11 is 0. The van der Waals surface area contributed by atoms with Crippen LogP contribution in [0.5, 0.6) is 0 Å². The zero-order chi connectivity index (χ0) is 12.8. The lowest BCUT2D eigenvalue weighted by Crippen LogP contribution is -2.40. The summed E-state index contributed by atoms with van der Waals surface area (Å²) in [5.74, 6) is 0.816. The van der Waals surface area contributed by atoms with E-state index in [-0.39, 0.29) is 5.91 Å². The van der Waals surface area contributed by atoms with Crippen molar-refractivity contribution in [3.8, 4) is 0 Å². The van der Waals surface area contributed by atoms with E-state index in [0.29, 0.717) is 31.9 Å². The van der Waals surface area contributed by atoms with Crippen LogP contribution >= 0.6 is 0 Å². The first kappa shape index (κ1) is 12.8. The smallest absolute Gasteiger partial charge is 0.254 e. The Kier molecular flexibility index (Phi) is 4.52. The monoisotopic (exact) mass is 249 g/mol. The molecule has 98 valence electrons. The molecule has 0 atom stereocenters. The molecule has 5 nitrogen and oxygen atoms in total. The Balaban J connectivity index is 2.04. The van der Waals surface area contributed by atoms with Gasteiger partial charge in [0.25, 0.3) is 5.91 Å². The van der Waals surface area contributed by atoms with Gasteiger partial charge in [-0.25, -0.2) is 4.98 Å². The maximum absolute atomic E-state index is 12.2. The van der Waals surface area contributed by atoms with Crippen molar-refractivity contribution >= 4 is 11.7 Å². The van der Waals surface area contributed by atoms with E-state index in [2.05, 4.69) is 17.2 Å². The normalized spacial score (nSPS) is 15.5. The van der Waals surface area contributed by atoms with Crippen LogP contribution < -0.4 is 5.32 Å². The molecule has 1 fully saturated rings. The van der Waals surface area contributed by atoms with Gasteiger partial charge in [-0.2, -0.15) is 0 Å². The SMILES string of the molecule is CCCNc1cc(C(=O)N2CCOCC2)ccn1. The molecular weight excluding hydrogens is 230 g/mol. The number of hydrogen-bond donors (Lipinski definition) is 1. The van der Waals surface area contributed by atoms with Gasteiger partial charge < -0.3 is 15.0 Å². The van der Waals surface area contributed by atoms with Crippen LogP contribution in [0.1, 0.15) is 23.7 Å². The average Bonchev–Trinajstić information content (AvgIpc) is 2.45. The fourth-order valence-corrected chi connectivity index (χ4v) is 1.86. The van der Waals surface area contributed by atoms with Gasteiger partial charge in [0.1, 0.15) is 5.82 Å². The van der Waals surface area contributed by atoms with Crippen molar-refractivity contribution in [3.05, 3.63) is 23.9 Å². The maximum Gasteiger partial charge on any atom is 0.254 e. The Morgan fingerprint density at radius 3 is 3.00 bits per heavy atom. The van der Waals surface area contributed by atoms with Crippen molar-refractivity contribution in [3.63, 3.8) is 0 Å². The number of carbonyl (C=O) groups excluding carboxylic acids is 1. The number of rotatable bonds is 4. The molecule has 1 aromatic heterocycles. The van der Waals surface area contributed by atoms with Crippen molar-refractivity contribution < 1.29 is 9.53 Å². The predicted molar refractivity (Wildman–Crippen MR) is 69.7 cm³/mol. The molecule has 0 aromatic carbocycles. The van der Waals surface area contributed by atoms with Gasteiger partial charge in [-0.05, 0) is 18.6 Å². The molecule has 1 N–H and O–H groups in total. The number of anilines is 1. The first-order valence-corrected chi connectivity index (χ1v) is 6.38. The topological polar surface area (TPSA) is 54.5 Å². The predicted octanol–water partition coefficient (Wildman–Crippen LogP) is 1.38. The van der Waals surface area contributed by atoms with Gasteiger partial charge in [0, 0.05) is 31.4 Å². The molecule has 18 heavy (non-hydrogen) atoms. The zero-order valence-corrected chi connectivity index (χ0v) is 10.7. The third-order valence-corrected chi connectivity index (χ3v) is 2.86. The van der Waals surface area contributed by atoms with Crippen LogP contribution in [0.25, 0.3) is 0 Å². The van der Waals surface area contributed by atoms with Gasteiger partial charge in [-0.15, -0.1) is 0 Å². The lowest BCUT2D eigenvalue weighted by molar-refractivity contribution is 0.0303. The molecule has 1 saturated heterocycles. The van der Waals surface area contributed by atoms with Gasteiger partial charge in [0.15, 0.2) is 0 Å². The molecular formula is C13H19N3O2. The third-order valence-electron chi connectivity index (χ3n) is 2.86. The molecule has 0 saturated carbocycles. The molecule has 1 aliphatic rings. The second kappa shape index (κ2) is 6.35. The van der Waals surface area contributed by atoms with Crippen LogP contribution in [0.3, 0.4) is 0 Å².